The Balaban J connectivity index is 1.31. The molecule has 0 atom stereocenters. The number of hydrogen-bond acceptors (Lipinski definition) is 5. The van der Waals surface area contributed by atoms with Gasteiger partial charge in [-0.3, -0.25) is 4.40 Å². The molecule has 2 aromatic carbocycles. The zero-order valence-corrected chi connectivity index (χ0v) is 22.1. The van der Waals surface area contributed by atoms with E-state index in [2.05, 4.69) is 62.5 Å². The summed E-state index contributed by atoms with van der Waals surface area (Å²) in [4.78, 5) is 26.3. The van der Waals surface area contributed by atoms with Crippen LogP contribution in [0.4, 0.5) is 10.6 Å². The van der Waals surface area contributed by atoms with Crippen molar-refractivity contribution < 1.29 is 4.79 Å². The summed E-state index contributed by atoms with van der Waals surface area (Å²) in [6, 6.07) is 20.6. The topological polar surface area (TPSA) is 110 Å². The average molecular weight is 520 g/mol. The predicted molar refractivity (Wildman–Crippen MR) is 155 cm³/mol. The van der Waals surface area contributed by atoms with E-state index in [0.29, 0.717) is 30.7 Å². The van der Waals surface area contributed by atoms with Crippen molar-refractivity contribution in [3.63, 3.8) is 0 Å². The molecule has 4 N–H and O–H groups in total. The number of imidazole rings is 1. The molecule has 8 heteroatoms. The third-order valence-corrected chi connectivity index (χ3v) is 7.75. The first-order valence-corrected chi connectivity index (χ1v) is 13.7. The van der Waals surface area contributed by atoms with E-state index in [1.54, 1.807) is 6.20 Å². The summed E-state index contributed by atoms with van der Waals surface area (Å²) in [7, 11) is 0. The molecule has 1 aliphatic rings. The Kier molecular flexibility index (Phi) is 6.84. The molecule has 198 valence electrons. The Bertz CT molecular complexity index is 1620. The fourth-order valence-electron chi connectivity index (χ4n) is 5.70. The van der Waals surface area contributed by atoms with Gasteiger partial charge in [-0.15, -0.1) is 0 Å². The highest BCUT2D eigenvalue weighted by atomic mass is 16.2. The molecule has 0 saturated heterocycles. The number of hydrogen-bond donors (Lipinski definition) is 3. The molecule has 8 nitrogen and oxygen atoms in total. The third-order valence-electron chi connectivity index (χ3n) is 7.75. The van der Waals surface area contributed by atoms with E-state index >= 15 is 0 Å². The summed E-state index contributed by atoms with van der Waals surface area (Å²) in [6.07, 6.45) is 7.83. The number of nitrogens with two attached hydrogens (primary N) is 1. The molecule has 3 heterocycles. The molecular formula is C31H33N7O. The number of urea groups is 1. The molecule has 0 aliphatic heterocycles. The van der Waals surface area contributed by atoms with Crippen LogP contribution in [0.1, 0.15) is 44.3 Å². The Labute approximate surface area is 227 Å². The van der Waals surface area contributed by atoms with E-state index in [9.17, 15) is 4.79 Å². The zero-order chi connectivity index (χ0) is 26.8. The van der Waals surface area contributed by atoms with Crippen LogP contribution in [-0.2, 0) is 0 Å². The third kappa shape index (κ3) is 5.02. The molecule has 39 heavy (non-hydrogen) atoms. The number of nitrogens with zero attached hydrogens (tertiary/aromatic N) is 4. The number of nitrogen functional groups attached to an aromatic ring is 1. The maximum Gasteiger partial charge on any atom is 0.314 e. The van der Waals surface area contributed by atoms with Crippen LogP contribution in [0.15, 0.2) is 73.1 Å². The van der Waals surface area contributed by atoms with Gasteiger partial charge in [0, 0.05) is 47.9 Å². The van der Waals surface area contributed by atoms with Gasteiger partial charge in [-0.2, -0.15) is 0 Å². The number of pyridine rings is 1. The van der Waals surface area contributed by atoms with Gasteiger partial charge in [0.05, 0.1) is 11.2 Å². The normalized spacial score (nSPS) is 17.4. The molecular weight excluding hydrogens is 486 g/mol. The van der Waals surface area contributed by atoms with Gasteiger partial charge in [-0.1, -0.05) is 48.5 Å². The minimum atomic E-state index is -0.0905. The number of nitrogens with one attached hydrogen (secondary N) is 2. The standard InChI is InChI=1S/C31H33N7O/c1-2-33-31(39)35-19-20-8-10-23(11-9-20)30-37-27(28-29(32)34-16-17-38(28)30)24-13-12-22-14-15-25(36-26(22)18-24)21-6-4-3-5-7-21/h3-7,12-18,20,23H,2,8-11,19H2,1H3,(H2,32,34)(H2,33,35,39)/t20-,23-. The summed E-state index contributed by atoms with van der Waals surface area (Å²) in [5.41, 5.74) is 12.0. The van der Waals surface area contributed by atoms with Crippen molar-refractivity contribution in [1.29, 1.82) is 0 Å². The van der Waals surface area contributed by atoms with E-state index < -0.39 is 0 Å². The first-order chi connectivity index (χ1) is 19.1. The smallest absolute Gasteiger partial charge is 0.314 e. The molecule has 1 saturated carbocycles. The highest BCUT2D eigenvalue weighted by Gasteiger charge is 2.28. The number of benzene rings is 2. The number of carbonyl (C=O) groups is 1. The SMILES string of the molecule is CCNC(=O)NC[C@H]1CC[C@H](c2nc(-c3ccc4ccc(-c5ccccc5)nc4c3)c3c(N)nccn32)CC1. The molecule has 5 aromatic rings. The highest BCUT2D eigenvalue weighted by Crippen LogP contribution is 2.39. The fourth-order valence-corrected chi connectivity index (χ4v) is 5.70. The number of rotatable bonds is 6. The van der Waals surface area contributed by atoms with Gasteiger partial charge in [0.25, 0.3) is 0 Å². The summed E-state index contributed by atoms with van der Waals surface area (Å²) in [6.45, 7) is 3.26. The number of amides is 2. The lowest BCUT2D eigenvalue weighted by atomic mass is 9.81. The second-order valence-electron chi connectivity index (χ2n) is 10.3. The lowest BCUT2D eigenvalue weighted by Crippen LogP contribution is -2.38. The summed E-state index contributed by atoms with van der Waals surface area (Å²) < 4.78 is 2.12. The highest BCUT2D eigenvalue weighted by molar-refractivity contribution is 5.91. The quantitative estimate of drug-likeness (QED) is 0.263. The second kappa shape index (κ2) is 10.7. The van der Waals surface area contributed by atoms with E-state index in [4.69, 9.17) is 15.7 Å². The average Bonchev–Trinajstić information content (AvgIpc) is 3.37. The Morgan fingerprint density at radius 3 is 2.56 bits per heavy atom. The summed E-state index contributed by atoms with van der Waals surface area (Å²) in [5, 5.41) is 6.87. The zero-order valence-electron chi connectivity index (χ0n) is 22.1. The molecule has 0 spiro atoms. The minimum absolute atomic E-state index is 0.0905. The van der Waals surface area contributed by atoms with Gasteiger partial charge in [0.15, 0.2) is 0 Å². The molecule has 1 aliphatic carbocycles. The van der Waals surface area contributed by atoms with E-state index in [-0.39, 0.29) is 6.03 Å². The summed E-state index contributed by atoms with van der Waals surface area (Å²) >= 11 is 0. The van der Waals surface area contributed by atoms with Crippen molar-refractivity contribution in [3.8, 4) is 22.5 Å². The minimum Gasteiger partial charge on any atom is -0.382 e. The maximum atomic E-state index is 11.8. The fraction of sp³-hybridized carbons (Fsp3) is 0.290. The van der Waals surface area contributed by atoms with Crippen molar-refractivity contribution in [2.24, 2.45) is 5.92 Å². The van der Waals surface area contributed by atoms with Crippen molar-refractivity contribution in [3.05, 3.63) is 78.9 Å². The molecule has 2 amide bonds. The lowest BCUT2D eigenvalue weighted by molar-refractivity contribution is 0.235. The Morgan fingerprint density at radius 1 is 0.974 bits per heavy atom. The predicted octanol–water partition coefficient (Wildman–Crippen LogP) is 5.79. The van der Waals surface area contributed by atoms with Crippen LogP contribution >= 0.6 is 0 Å². The second-order valence-corrected chi connectivity index (χ2v) is 10.3. The van der Waals surface area contributed by atoms with Crippen molar-refractivity contribution in [1.82, 2.24) is 30.0 Å². The number of anilines is 1. The van der Waals surface area contributed by atoms with Gasteiger partial charge in [-0.25, -0.2) is 19.7 Å². The van der Waals surface area contributed by atoms with Crippen LogP contribution in [-0.4, -0.2) is 38.5 Å². The van der Waals surface area contributed by atoms with Crippen LogP contribution in [0.5, 0.6) is 0 Å². The number of carbonyl (C=O) groups excluding carboxylic acids is 1. The van der Waals surface area contributed by atoms with Gasteiger partial charge in [0.2, 0.25) is 0 Å². The lowest BCUT2D eigenvalue weighted by Gasteiger charge is -2.28. The number of aromatic nitrogens is 4. The van der Waals surface area contributed by atoms with Gasteiger partial charge >= 0.3 is 6.03 Å². The molecule has 0 bridgehead atoms. The first kappa shape index (κ1) is 24.9. The Morgan fingerprint density at radius 2 is 1.77 bits per heavy atom. The number of fused-ring (bicyclic) bond motifs is 2. The van der Waals surface area contributed by atoms with Gasteiger partial charge in [0.1, 0.15) is 22.9 Å². The monoisotopic (exact) mass is 519 g/mol. The van der Waals surface area contributed by atoms with Crippen LogP contribution in [0.3, 0.4) is 0 Å². The molecule has 3 aromatic heterocycles. The first-order valence-electron chi connectivity index (χ1n) is 13.7. The molecule has 6 rings (SSSR count). The molecule has 1 fully saturated rings. The van der Waals surface area contributed by atoms with Crippen LogP contribution in [0, 0.1) is 5.92 Å². The van der Waals surface area contributed by atoms with E-state index in [1.165, 1.54) is 0 Å². The molecule has 0 unspecified atom stereocenters. The van der Waals surface area contributed by atoms with Crippen LogP contribution < -0.4 is 16.4 Å². The van der Waals surface area contributed by atoms with E-state index in [0.717, 1.165) is 70.4 Å². The van der Waals surface area contributed by atoms with Crippen molar-refractivity contribution in [2.45, 2.75) is 38.5 Å². The van der Waals surface area contributed by atoms with E-state index in [1.807, 2.05) is 31.3 Å². The maximum absolute atomic E-state index is 11.8. The van der Waals surface area contributed by atoms with Crippen molar-refractivity contribution >= 4 is 28.3 Å². The Hall–Kier alpha value is -4.46. The van der Waals surface area contributed by atoms with Crippen LogP contribution in [0.25, 0.3) is 38.9 Å². The van der Waals surface area contributed by atoms with Gasteiger partial charge < -0.3 is 16.4 Å². The van der Waals surface area contributed by atoms with Crippen LogP contribution in [0.2, 0.25) is 0 Å². The largest absolute Gasteiger partial charge is 0.382 e. The van der Waals surface area contributed by atoms with Crippen molar-refractivity contribution in [2.75, 3.05) is 18.8 Å². The summed E-state index contributed by atoms with van der Waals surface area (Å²) in [5.74, 6) is 2.29. The van der Waals surface area contributed by atoms with Gasteiger partial charge in [-0.05, 0) is 50.7 Å². The molecule has 0 radical (unpaired) electrons.